The lowest BCUT2D eigenvalue weighted by Crippen LogP contribution is -2.19. The van der Waals surface area contributed by atoms with E-state index in [9.17, 15) is 18.0 Å². The quantitative estimate of drug-likeness (QED) is 0.637. The molecule has 2 N–H and O–H groups in total. The molecule has 0 fully saturated rings. The number of nitrogens with one attached hydrogen (secondary N) is 2. The van der Waals surface area contributed by atoms with E-state index in [1.807, 2.05) is 0 Å². The van der Waals surface area contributed by atoms with Crippen molar-refractivity contribution in [3.05, 3.63) is 22.1 Å². The predicted octanol–water partition coefficient (Wildman–Crippen LogP) is 1.83. The number of aromatic amines is 1. The first-order valence-electron chi connectivity index (χ1n) is 4.42. The molecule has 1 aromatic heterocycles. The largest absolute Gasteiger partial charge is 0.433 e. The van der Waals surface area contributed by atoms with Gasteiger partial charge in [-0.05, 0) is 6.42 Å². The third kappa shape index (κ3) is 3.73. The van der Waals surface area contributed by atoms with E-state index in [4.69, 9.17) is 11.6 Å². The van der Waals surface area contributed by atoms with Gasteiger partial charge in [-0.3, -0.25) is 9.78 Å². The van der Waals surface area contributed by atoms with E-state index < -0.39 is 17.4 Å². The lowest BCUT2D eigenvalue weighted by Gasteiger charge is -2.08. The summed E-state index contributed by atoms with van der Waals surface area (Å²) in [6.07, 6.45) is -4.07. The van der Waals surface area contributed by atoms with Gasteiger partial charge in [-0.2, -0.15) is 13.2 Å². The molecule has 1 aromatic rings. The van der Waals surface area contributed by atoms with Crippen LogP contribution in [0.4, 0.5) is 19.1 Å². The highest BCUT2D eigenvalue weighted by Gasteiger charge is 2.33. The van der Waals surface area contributed by atoms with Crippen molar-refractivity contribution in [3.63, 3.8) is 0 Å². The van der Waals surface area contributed by atoms with Crippen molar-refractivity contribution in [2.75, 3.05) is 17.7 Å². The van der Waals surface area contributed by atoms with Crippen LogP contribution in [0.25, 0.3) is 0 Å². The Bertz CT molecular complexity index is 404. The Labute approximate surface area is 93.8 Å². The van der Waals surface area contributed by atoms with E-state index >= 15 is 0 Å². The van der Waals surface area contributed by atoms with Gasteiger partial charge in [0, 0.05) is 18.5 Å². The Morgan fingerprint density at radius 2 is 2.19 bits per heavy atom. The second-order valence-electron chi connectivity index (χ2n) is 2.95. The molecule has 90 valence electrons. The van der Waals surface area contributed by atoms with Gasteiger partial charge in [0.15, 0.2) is 5.69 Å². The standard InChI is InChI=1S/C8H9ClF3N3O/c9-2-1-3-13-7-14-5(8(10,11)12)4-6(16)15-7/h4H,1-3H2,(H2,13,14,15,16). The maximum atomic E-state index is 12.3. The summed E-state index contributed by atoms with van der Waals surface area (Å²) in [5, 5.41) is 2.55. The van der Waals surface area contributed by atoms with Crippen LogP contribution in [-0.2, 0) is 6.18 Å². The fourth-order valence-corrected chi connectivity index (χ4v) is 1.09. The van der Waals surface area contributed by atoms with Crippen molar-refractivity contribution in [1.29, 1.82) is 0 Å². The van der Waals surface area contributed by atoms with E-state index in [-0.39, 0.29) is 5.95 Å². The summed E-state index contributed by atoms with van der Waals surface area (Å²) in [6.45, 7) is 0.341. The molecule has 16 heavy (non-hydrogen) atoms. The first-order valence-corrected chi connectivity index (χ1v) is 4.95. The first-order chi connectivity index (χ1) is 7.43. The summed E-state index contributed by atoms with van der Waals surface area (Å²) in [6, 6.07) is 0.409. The monoisotopic (exact) mass is 255 g/mol. The fourth-order valence-electron chi connectivity index (χ4n) is 0.960. The van der Waals surface area contributed by atoms with Gasteiger partial charge in [0.1, 0.15) is 0 Å². The average molecular weight is 256 g/mol. The topological polar surface area (TPSA) is 57.8 Å². The molecule has 0 aliphatic heterocycles. The lowest BCUT2D eigenvalue weighted by atomic mass is 10.4. The van der Waals surface area contributed by atoms with Crippen molar-refractivity contribution < 1.29 is 13.2 Å². The van der Waals surface area contributed by atoms with Gasteiger partial charge in [-0.15, -0.1) is 11.6 Å². The number of hydrogen-bond acceptors (Lipinski definition) is 3. The molecule has 1 rings (SSSR count). The highest BCUT2D eigenvalue weighted by molar-refractivity contribution is 6.17. The average Bonchev–Trinajstić information content (AvgIpc) is 2.16. The summed E-state index contributed by atoms with van der Waals surface area (Å²) in [4.78, 5) is 16.3. The molecule has 0 spiro atoms. The van der Waals surface area contributed by atoms with E-state index in [0.29, 0.717) is 24.9 Å². The zero-order valence-electron chi connectivity index (χ0n) is 8.07. The van der Waals surface area contributed by atoms with Gasteiger partial charge in [-0.25, -0.2) is 4.98 Å². The maximum Gasteiger partial charge on any atom is 0.433 e. The summed E-state index contributed by atoms with van der Waals surface area (Å²) >= 11 is 5.39. The molecule has 0 bridgehead atoms. The second kappa shape index (κ2) is 5.20. The van der Waals surface area contributed by atoms with Crippen LogP contribution < -0.4 is 10.9 Å². The number of rotatable bonds is 4. The normalized spacial score (nSPS) is 11.5. The lowest BCUT2D eigenvalue weighted by molar-refractivity contribution is -0.141. The molecule has 1 heterocycles. The van der Waals surface area contributed by atoms with Gasteiger partial charge in [0.25, 0.3) is 5.56 Å². The maximum absolute atomic E-state index is 12.3. The first kappa shape index (κ1) is 12.8. The van der Waals surface area contributed by atoms with E-state index in [1.54, 1.807) is 0 Å². The summed E-state index contributed by atoms with van der Waals surface area (Å²) in [5.41, 5.74) is -2.07. The van der Waals surface area contributed by atoms with Gasteiger partial charge >= 0.3 is 6.18 Å². The molecule has 0 amide bonds. The number of nitrogens with zero attached hydrogens (tertiary/aromatic N) is 1. The van der Waals surface area contributed by atoms with Crippen LogP contribution in [0, 0.1) is 0 Å². The van der Waals surface area contributed by atoms with Crippen LogP contribution in [0.15, 0.2) is 10.9 Å². The molecule has 0 unspecified atom stereocenters. The van der Waals surface area contributed by atoms with Crippen molar-refractivity contribution in [3.8, 4) is 0 Å². The smallest absolute Gasteiger partial charge is 0.356 e. The van der Waals surface area contributed by atoms with Crippen molar-refractivity contribution in [1.82, 2.24) is 9.97 Å². The number of halogens is 4. The van der Waals surface area contributed by atoms with Crippen molar-refractivity contribution in [2.24, 2.45) is 0 Å². The van der Waals surface area contributed by atoms with Gasteiger partial charge < -0.3 is 5.32 Å². The van der Waals surface area contributed by atoms with Crippen LogP contribution in [0.1, 0.15) is 12.1 Å². The molecule has 8 heteroatoms. The molecule has 0 saturated heterocycles. The van der Waals surface area contributed by atoms with Gasteiger partial charge in [0.05, 0.1) is 0 Å². The van der Waals surface area contributed by atoms with E-state index in [1.165, 1.54) is 0 Å². The molecule has 4 nitrogen and oxygen atoms in total. The Morgan fingerprint density at radius 1 is 1.50 bits per heavy atom. The fraction of sp³-hybridized carbons (Fsp3) is 0.500. The van der Waals surface area contributed by atoms with Gasteiger partial charge in [-0.1, -0.05) is 0 Å². The summed E-state index contributed by atoms with van der Waals surface area (Å²) in [7, 11) is 0. The minimum absolute atomic E-state index is 0.204. The second-order valence-corrected chi connectivity index (χ2v) is 3.32. The molecule has 0 aromatic carbocycles. The SMILES string of the molecule is O=c1cc(C(F)(F)F)nc(NCCCCl)[nH]1. The molecular weight excluding hydrogens is 247 g/mol. The van der Waals surface area contributed by atoms with Crippen molar-refractivity contribution in [2.45, 2.75) is 12.6 Å². The Balaban J connectivity index is 2.86. The number of alkyl halides is 4. The zero-order valence-corrected chi connectivity index (χ0v) is 8.82. The molecular formula is C8H9ClF3N3O. The number of anilines is 1. The van der Waals surface area contributed by atoms with Gasteiger partial charge in [0.2, 0.25) is 5.95 Å². The number of H-pyrrole nitrogens is 1. The highest BCUT2D eigenvalue weighted by Crippen LogP contribution is 2.26. The third-order valence-corrected chi connectivity index (χ3v) is 1.90. The van der Waals surface area contributed by atoms with E-state index in [2.05, 4.69) is 15.3 Å². The van der Waals surface area contributed by atoms with Crippen LogP contribution in [0.2, 0.25) is 0 Å². The molecule has 0 aliphatic rings. The molecule has 0 aliphatic carbocycles. The minimum atomic E-state index is -4.63. The predicted molar refractivity (Wildman–Crippen MR) is 53.7 cm³/mol. The van der Waals surface area contributed by atoms with Crippen LogP contribution in [0.5, 0.6) is 0 Å². The molecule has 0 saturated carbocycles. The summed E-state index contributed by atoms with van der Waals surface area (Å²) in [5.74, 6) is 0.167. The van der Waals surface area contributed by atoms with E-state index in [0.717, 1.165) is 0 Å². The Hall–Kier alpha value is -1.24. The Kier molecular flexibility index (Phi) is 4.17. The van der Waals surface area contributed by atoms with Crippen molar-refractivity contribution >= 4 is 17.5 Å². The highest BCUT2D eigenvalue weighted by atomic mass is 35.5. The van der Waals surface area contributed by atoms with Crippen LogP contribution in [-0.4, -0.2) is 22.4 Å². The number of aromatic nitrogens is 2. The minimum Gasteiger partial charge on any atom is -0.356 e. The third-order valence-electron chi connectivity index (χ3n) is 1.63. The molecule has 0 radical (unpaired) electrons. The van der Waals surface area contributed by atoms with Crippen LogP contribution in [0.3, 0.4) is 0 Å². The molecule has 0 atom stereocenters. The van der Waals surface area contributed by atoms with Crippen LogP contribution >= 0.6 is 11.6 Å². The zero-order chi connectivity index (χ0) is 12.2. The summed E-state index contributed by atoms with van der Waals surface area (Å²) < 4.78 is 36.8. The Morgan fingerprint density at radius 3 is 2.75 bits per heavy atom. The number of hydrogen-bond donors (Lipinski definition) is 2.